The van der Waals surface area contributed by atoms with Crippen LogP contribution >= 0.6 is 0 Å². The Morgan fingerprint density at radius 1 is 0.923 bits per heavy atom. The lowest BCUT2D eigenvalue weighted by Gasteiger charge is -2.35. The van der Waals surface area contributed by atoms with Gasteiger partial charge in [-0.05, 0) is 42.8 Å². The van der Waals surface area contributed by atoms with Crippen molar-refractivity contribution in [2.45, 2.75) is 18.4 Å². The van der Waals surface area contributed by atoms with Gasteiger partial charge in [0.25, 0.3) is 5.56 Å². The van der Waals surface area contributed by atoms with Gasteiger partial charge in [-0.1, -0.05) is 42.5 Å². The number of nitrogens with zero attached hydrogens (tertiary/aromatic N) is 4. The zero-order valence-electron chi connectivity index (χ0n) is 21.7. The fourth-order valence-corrected chi connectivity index (χ4v) is 6.52. The van der Waals surface area contributed by atoms with Crippen LogP contribution in [0.2, 0.25) is 0 Å². The van der Waals surface area contributed by atoms with Gasteiger partial charge in [0.15, 0.2) is 0 Å². The molecule has 0 spiro atoms. The number of amides is 1. The third-order valence-electron chi connectivity index (χ3n) is 7.08. The van der Waals surface area contributed by atoms with E-state index in [1.54, 1.807) is 55.6 Å². The Hall–Kier alpha value is -4.02. The first-order valence-corrected chi connectivity index (χ1v) is 14.1. The molecule has 0 N–H and O–H groups in total. The van der Waals surface area contributed by atoms with Crippen molar-refractivity contribution in [3.05, 3.63) is 101 Å². The molecule has 202 valence electrons. The van der Waals surface area contributed by atoms with Crippen molar-refractivity contribution in [3.8, 4) is 0 Å². The lowest BCUT2D eigenvalue weighted by Crippen LogP contribution is -2.49. The van der Waals surface area contributed by atoms with E-state index in [0.29, 0.717) is 29.9 Å². The molecule has 1 aliphatic rings. The van der Waals surface area contributed by atoms with E-state index >= 15 is 0 Å². The van der Waals surface area contributed by atoms with Gasteiger partial charge in [-0.25, -0.2) is 12.8 Å². The largest absolute Gasteiger partial charge is 0.367 e. The summed E-state index contributed by atoms with van der Waals surface area (Å²) in [5.41, 5.74) is 1.65. The standard InChI is InChI=1S/C29H29FN4O4S/c1-21-8-7-9-22(18-21)31(2)28(35)20-33-19-27(23-10-3-4-11-24(23)29(33)36)39(37,38)34-16-14-32(15-17-34)26-13-6-5-12-25(26)30/h3-13,18-19H,14-17,20H2,1-2H3. The number of fused-ring (bicyclic) bond motifs is 1. The number of pyridine rings is 1. The van der Waals surface area contributed by atoms with E-state index in [-0.39, 0.29) is 41.6 Å². The molecule has 2 heterocycles. The molecular formula is C29H29FN4O4S. The summed E-state index contributed by atoms with van der Waals surface area (Å²) in [4.78, 5) is 29.7. The van der Waals surface area contributed by atoms with Gasteiger partial charge in [0.05, 0.1) is 5.69 Å². The van der Waals surface area contributed by atoms with Crippen LogP contribution in [0.3, 0.4) is 0 Å². The minimum Gasteiger partial charge on any atom is -0.367 e. The fraction of sp³-hybridized carbons (Fsp3) is 0.241. The molecule has 4 aromatic rings. The maximum absolute atomic E-state index is 14.3. The summed E-state index contributed by atoms with van der Waals surface area (Å²) in [5, 5.41) is 0.518. The van der Waals surface area contributed by atoms with Crippen molar-refractivity contribution < 1.29 is 17.6 Å². The summed E-state index contributed by atoms with van der Waals surface area (Å²) in [7, 11) is -2.41. The van der Waals surface area contributed by atoms with Gasteiger partial charge < -0.3 is 14.4 Å². The van der Waals surface area contributed by atoms with E-state index in [9.17, 15) is 22.4 Å². The number of halogens is 1. The van der Waals surface area contributed by atoms with E-state index in [1.165, 1.54) is 26.0 Å². The van der Waals surface area contributed by atoms with Crippen LogP contribution in [0.25, 0.3) is 10.8 Å². The zero-order valence-corrected chi connectivity index (χ0v) is 22.6. The third kappa shape index (κ3) is 5.17. The number of para-hydroxylation sites is 1. The van der Waals surface area contributed by atoms with Crippen LogP contribution in [0.5, 0.6) is 0 Å². The number of aryl methyl sites for hydroxylation is 1. The smallest absolute Gasteiger partial charge is 0.258 e. The van der Waals surface area contributed by atoms with Crippen LogP contribution in [-0.4, -0.2) is 56.4 Å². The topological polar surface area (TPSA) is 82.9 Å². The SMILES string of the molecule is Cc1cccc(N(C)C(=O)Cn2cc(S(=O)(=O)N3CCN(c4ccccc4F)CC3)c3ccccc3c2=O)c1. The lowest BCUT2D eigenvalue weighted by molar-refractivity contribution is -0.118. The lowest BCUT2D eigenvalue weighted by atomic mass is 10.2. The monoisotopic (exact) mass is 548 g/mol. The van der Waals surface area contributed by atoms with Crippen molar-refractivity contribution in [1.82, 2.24) is 8.87 Å². The highest BCUT2D eigenvalue weighted by Gasteiger charge is 2.31. The summed E-state index contributed by atoms with van der Waals surface area (Å²) >= 11 is 0. The molecule has 1 amide bonds. The van der Waals surface area contributed by atoms with Crippen molar-refractivity contribution in [2.75, 3.05) is 43.0 Å². The van der Waals surface area contributed by atoms with E-state index in [2.05, 4.69) is 0 Å². The quantitative estimate of drug-likeness (QED) is 0.368. The van der Waals surface area contributed by atoms with E-state index in [4.69, 9.17) is 0 Å². The summed E-state index contributed by atoms with van der Waals surface area (Å²) in [6.45, 7) is 2.54. The highest BCUT2D eigenvalue weighted by molar-refractivity contribution is 7.89. The van der Waals surface area contributed by atoms with Gasteiger partial charge in [-0.15, -0.1) is 0 Å². The first kappa shape index (κ1) is 26.6. The predicted molar refractivity (Wildman–Crippen MR) is 150 cm³/mol. The Labute approximate surface area is 226 Å². The molecule has 1 aliphatic heterocycles. The number of carbonyl (C=O) groups is 1. The van der Waals surface area contributed by atoms with E-state index in [0.717, 1.165) is 5.56 Å². The number of rotatable bonds is 6. The molecule has 10 heteroatoms. The van der Waals surface area contributed by atoms with Crippen LogP contribution in [0.1, 0.15) is 5.56 Å². The van der Waals surface area contributed by atoms with Crippen molar-refractivity contribution in [2.24, 2.45) is 0 Å². The molecule has 3 aromatic carbocycles. The molecule has 8 nitrogen and oxygen atoms in total. The molecule has 39 heavy (non-hydrogen) atoms. The minimum absolute atomic E-state index is 0.0388. The first-order valence-electron chi connectivity index (χ1n) is 12.6. The van der Waals surface area contributed by atoms with Gasteiger partial charge in [0.1, 0.15) is 17.3 Å². The van der Waals surface area contributed by atoms with Gasteiger partial charge in [-0.2, -0.15) is 4.31 Å². The van der Waals surface area contributed by atoms with E-state index in [1.807, 2.05) is 30.0 Å². The number of anilines is 2. The Bertz CT molecular complexity index is 1710. The molecule has 0 unspecified atom stereocenters. The fourth-order valence-electron chi connectivity index (χ4n) is 4.88. The van der Waals surface area contributed by atoms with E-state index < -0.39 is 15.6 Å². The molecule has 1 saturated heterocycles. The van der Waals surface area contributed by atoms with Crippen molar-refractivity contribution >= 4 is 38.1 Å². The maximum atomic E-state index is 14.3. The van der Waals surface area contributed by atoms with Gasteiger partial charge >= 0.3 is 0 Å². The number of likely N-dealkylation sites (N-methyl/N-ethyl adjacent to an activating group) is 1. The number of aromatic nitrogens is 1. The molecule has 0 aliphatic carbocycles. The Kier molecular flexibility index (Phi) is 7.24. The third-order valence-corrected chi connectivity index (χ3v) is 9.00. The number of benzene rings is 3. The number of sulfonamides is 1. The normalized spacial score (nSPS) is 14.5. The molecule has 5 rings (SSSR count). The second-order valence-corrected chi connectivity index (χ2v) is 11.5. The Balaban J connectivity index is 1.46. The molecule has 0 saturated carbocycles. The molecule has 1 fully saturated rings. The molecule has 0 atom stereocenters. The summed E-state index contributed by atoms with van der Waals surface area (Å²) in [6.07, 6.45) is 1.27. The summed E-state index contributed by atoms with van der Waals surface area (Å²) in [5.74, 6) is -0.716. The number of hydrogen-bond acceptors (Lipinski definition) is 5. The maximum Gasteiger partial charge on any atom is 0.258 e. The van der Waals surface area contributed by atoms with Crippen LogP contribution in [-0.2, 0) is 21.4 Å². The number of hydrogen-bond donors (Lipinski definition) is 0. The van der Waals surface area contributed by atoms with Gasteiger partial charge in [0.2, 0.25) is 15.9 Å². The Morgan fingerprint density at radius 3 is 2.28 bits per heavy atom. The van der Waals surface area contributed by atoms with Crippen LogP contribution in [0.4, 0.5) is 15.8 Å². The van der Waals surface area contributed by atoms with Crippen molar-refractivity contribution in [3.63, 3.8) is 0 Å². The Morgan fingerprint density at radius 2 is 1.59 bits per heavy atom. The number of carbonyl (C=O) groups excluding carboxylic acids is 1. The van der Waals surface area contributed by atoms with Gasteiger partial charge in [-0.3, -0.25) is 9.59 Å². The van der Waals surface area contributed by atoms with Crippen LogP contribution in [0.15, 0.2) is 88.7 Å². The zero-order chi connectivity index (χ0) is 27.7. The van der Waals surface area contributed by atoms with Crippen LogP contribution in [0, 0.1) is 12.7 Å². The average Bonchev–Trinajstić information content (AvgIpc) is 2.94. The molecule has 0 radical (unpaired) electrons. The second kappa shape index (κ2) is 10.6. The minimum atomic E-state index is -4.03. The average molecular weight is 549 g/mol. The highest BCUT2D eigenvalue weighted by Crippen LogP contribution is 2.27. The van der Waals surface area contributed by atoms with Gasteiger partial charge in [0, 0.05) is 55.9 Å². The predicted octanol–water partition coefficient (Wildman–Crippen LogP) is 3.62. The summed E-state index contributed by atoms with van der Waals surface area (Å²) < 4.78 is 44.5. The highest BCUT2D eigenvalue weighted by atomic mass is 32.2. The van der Waals surface area contributed by atoms with Crippen molar-refractivity contribution in [1.29, 1.82) is 0 Å². The first-order chi connectivity index (χ1) is 18.7. The molecule has 1 aromatic heterocycles. The summed E-state index contributed by atoms with van der Waals surface area (Å²) in [6, 6.07) is 20.3. The molecule has 0 bridgehead atoms. The second-order valence-electron chi connectivity index (χ2n) is 9.61. The number of piperazine rings is 1. The molecular weight excluding hydrogens is 519 g/mol. The van der Waals surface area contributed by atoms with Crippen LogP contribution < -0.4 is 15.4 Å².